The maximum atomic E-state index is 12.2. The summed E-state index contributed by atoms with van der Waals surface area (Å²) in [6.45, 7) is 0. The lowest BCUT2D eigenvalue weighted by atomic mass is 10.0. The highest BCUT2D eigenvalue weighted by Crippen LogP contribution is 2.26. The van der Waals surface area contributed by atoms with Crippen LogP contribution in [-0.2, 0) is 0 Å². The molecule has 0 radical (unpaired) electrons. The molecule has 0 amide bonds. The minimum Gasteiger partial charge on any atom is -0.456 e. The van der Waals surface area contributed by atoms with Crippen LogP contribution < -0.4 is 5.43 Å². The molecule has 0 fully saturated rings. The Morgan fingerprint density at radius 1 is 0.818 bits per heavy atom. The zero-order valence-electron chi connectivity index (χ0n) is 11.5. The van der Waals surface area contributed by atoms with Gasteiger partial charge in [-0.05, 0) is 29.0 Å². The maximum Gasteiger partial charge on any atom is 0.193 e. The van der Waals surface area contributed by atoms with E-state index in [1.807, 2.05) is 36.4 Å². The molecule has 106 valence electrons. The van der Waals surface area contributed by atoms with Crippen molar-refractivity contribution in [3.8, 4) is 11.3 Å². The summed E-state index contributed by atoms with van der Waals surface area (Å²) < 4.78 is 5.87. The fourth-order valence-corrected chi connectivity index (χ4v) is 2.78. The zero-order valence-corrected chi connectivity index (χ0v) is 12.3. The van der Waals surface area contributed by atoms with Gasteiger partial charge in [-0.2, -0.15) is 0 Å². The lowest BCUT2D eigenvalue weighted by Gasteiger charge is -2.05. The van der Waals surface area contributed by atoms with Gasteiger partial charge in [0, 0.05) is 22.7 Å². The van der Waals surface area contributed by atoms with E-state index in [1.165, 1.54) is 6.07 Å². The van der Waals surface area contributed by atoms with Crippen molar-refractivity contribution in [2.45, 2.75) is 0 Å². The lowest BCUT2D eigenvalue weighted by molar-refractivity contribution is 0.619. The Kier molecular flexibility index (Phi) is 2.98. The van der Waals surface area contributed by atoms with Gasteiger partial charge < -0.3 is 4.42 Å². The fourth-order valence-electron chi connectivity index (χ4n) is 2.61. The summed E-state index contributed by atoms with van der Waals surface area (Å²) >= 11 is 5.99. The Bertz CT molecular complexity index is 1060. The first kappa shape index (κ1) is 13.1. The van der Waals surface area contributed by atoms with Crippen molar-refractivity contribution >= 4 is 33.3 Å². The van der Waals surface area contributed by atoms with Crippen LogP contribution in [0.3, 0.4) is 0 Å². The lowest BCUT2D eigenvalue weighted by Crippen LogP contribution is -2.00. The van der Waals surface area contributed by atoms with Crippen molar-refractivity contribution in [1.29, 1.82) is 0 Å². The van der Waals surface area contributed by atoms with Crippen molar-refractivity contribution < 1.29 is 4.42 Å². The van der Waals surface area contributed by atoms with Gasteiger partial charge in [-0.15, -0.1) is 0 Å². The standard InChI is InChI=1S/C19H11ClO2/c20-15-7-8-16-17(21)11-18(22-19(16)10-15)14-6-5-12-3-1-2-4-13(12)9-14/h1-11H. The first-order valence-electron chi connectivity index (χ1n) is 6.93. The molecule has 0 saturated heterocycles. The largest absolute Gasteiger partial charge is 0.456 e. The van der Waals surface area contributed by atoms with Crippen molar-refractivity contribution in [3.63, 3.8) is 0 Å². The maximum absolute atomic E-state index is 12.2. The second-order valence-corrected chi connectivity index (χ2v) is 5.61. The molecule has 0 N–H and O–H groups in total. The molecule has 22 heavy (non-hydrogen) atoms. The molecule has 0 atom stereocenters. The van der Waals surface area contributed by atoms with E-state index in [4.69, 9.17) is 16.0 Å². The molecule has 0 aliphatic carbocycles. The second kappa shape index (κ2) is 5.00. The fraction of sp³-hybridized carbons (Fsp3) is 0. The van der Waals surface area contributed by atoms with Gasteiger partial charge in [0.2, 0.25) is 0 Å². The Morgan fingerprint density at radius 3 is 2.50 bits per heavy atom. The highest BCUT2D eigenvalue weighted by atomic mass is 35.5. The average molecular weight is 307 g/mol. The summed E-state index contributed by atoms with van der Waals surface area (Å²) in [5.74, 6) is 0.547. The number of halogens is 1. The third kappa shape index (κ3) is 2.18. The number of benzene rings is 3. The normalized spacial score (nSPS) is 11.1. The van der Waals surface area contributed by atoms with E-state index in [9.17, 15) is 4.79 Å². The van der Waals surface area contributed by atoms with E-state index in [-0.39, 0.29) is 5.43 Å². The third-order valence-corrected chi connectivity index (χ3v) is 3.96. The molecule has 0 spiro atoms. The molecule has 1 heterocycles. The molecular weight excluding hydrogens is 296 g/mol. The molecule has 0 aliphatic rings. The van der Waals surface area contributed by atoms with E-state index in [0.717, 1.165) is 16.3 Å². The SMILES string of the molecule is O=c1cc(-c2ccc3ccccc3c2)oc2cc(Cl)ccc12. The topological polar surface area (TPSA) is 30.2 Å². The van der Waals surface area contributed by atoms with Crippen LogP contribution in [0.2, 0.25) is 5.02 Å². The Morgan fingerprint density at radius 2 is 1.64 bits per heavy atom. The molecule has 0 unspecified atom stereocenters. The second-order valence-electron chi connectivity index (χ2n) is 5.18. The summed E-state index contributed by atoms with van der Waals surface area (Å²) in [6.07, 6.45) is 0. The average Bonchev–Trinajstić information content (AvgIpc) is 2.54. The molecule has 0 bridgehead atoms. The Labute approximate surface area is 131 Å². The first-order chi connectivity index (χ1) is 10.7. The molecule has 1 aromatic heterocycles. The summed E-state index contributed by atoms with van der Waals surface area (Å²) in [4.78, 5) is 12.2. The highest BCUT2D eigenvalue weighted by molar-refractivity contribution is 6.31. The minimum absolute atomic E-state index is 0.0684. The van der Waals surface area contributed by atoms with Crippen LogP contribution in [0.1, 0.15) is 0 Å². The van der Waals surface area contributed by atoms with Crippen molar-refractivity contribution in [1.82, 2.24) is 0 Å². The molecule has 3 heteroatoms. The van der Waals surface area contributed by atoms with Crippen LogP contribution in [0, 0.1) is 0 Å². The smallest absolute Gasteiger partial charge is 0.193 e. The molecule has 0 aliphatic heterocycles. The monoisotopic (exact) mass is 306 g/mol. The number of rotatable bonds is 1. The molecule has 4 aromatic rings. The van der Waals surface area contributed by atoms with Gasteiger partial charge in [0.25, 0.3) is 0 Å². The molecular formula is C19H11ClO2. The van der Waals surface area contributed by atoms with Crippen LogP contribution in [-0.4, -0.2) is 0 Å². The van der Waals surface area contributed by atoms with Crippen LogP contribution in [0.15, 0.2) is 75.9 Å². The van der Waals surface area contributed by atoms with Gasteiger partial charge in [-0.25, -0.2) is 0 Å². The zero-order chi connectivity index (χ0) is 15.1. The third-order valence-electron chi connectivity index (χ3n) is 3.73. The molecule has 3 aromatic carbocycles. The van der Waals surface area contributed by atoms with Gasteiger partial charge >= 0.3 is 0 Å². The van der Waals surface area contributed by atoms with Crippen molar-refractivity contribution in [2.75, 3.05) is 0 Å². The van der Waals surface area contributed by atoms with Gasteiger partial charge in [0.15, 0.2) is 5.43 Å². The number of hydrogen-bond acceptors (Lipinski definition) is 2. The summed E-state index contributed by atoms with van der Waals surface area (Å²) in [5.41, 5.74) is 1.31. The summed E-state index contributed by atoms with van der Waals surface area (Å²) in [6, 6.07) is 20.6. The predicted molar refractivity (Wildman–Crippen MR) is 90.4 cm³/mol. The molecule has 4 rings (SSSR count). The first-order valence-corrected chi connectivity index (χ1v) is 7.31. The van der Waals surface area contributed by atoms with Crippen molar-refractivity contribution in [3.05, 3.63) is 82.0 Å². The summed E-state index contributed by atoms with van der Waals surface area (Å²) in [5, 5.41) is 3.34. The van der Waals surface area contributed by atoms with E-state index in [0.29, 0.717) is 21.8 Å². The van der Waals surface area contributed by atoms with E-state index in [2.05, 4.69) is 6.07 Å². The number of fused-ring (bicyclic) bond motifs is 2. The number of hydrogen-bond donors (Lipinski definition) is 0. The Balaban J connectivity index is 1.97. The molecule has 0 saturated carbocycles. The predicted octanol–water partition coefficient (Wildman–Crippen LogP) is 5.27. The van der Waals surface area contributed by atoms with E-state index < -0.39 is 0 Å². The highest BCUT2D eigenvalue weighted by Gasteiger charge is 2.08. The minimum atomic E-state index is -0.0684. The van der Waals surface area contributed by atoms with Crippen LogP contribution in [0.5, 0.6) is 0 Å². The van der Waals surface area contributed by atoms with Crippen LogP contribution in [0.4, 0.5) is 0 Å². The quantitative estimate of drug-likeness (QED) is 0.480. The Hall–Kier alpha value is -2.58. The van der Waals surface area contributed by atoms with Gasteiger partial charge in [-0.1, -0.05) is 48.0 Å². The van der Waals surface area contributed by atoms with Gasteiger partial charge in [0.05, 0.1) is 5.39 Å². The van der Waals surface area contributed by atoms with Gasteiger partial charge in [-0.3, -0.25) is 4.79 Å². The van der Waals surface area contributed by atoms with E-state index in [1.54, 1.807) is 18.2 Å². The van der Waals surface area contributed by atoms with Crippen LogP contribution >= 0.6 is 11.6 Å². The molecule has 2 nitrogen and oxygen atoms in total. The van der Waals surface area contributed by atoms with Gasteiger partial charge in [0.1, 0.15) is 11.3 Å². The van der Waals surface area contributed by atoms with Crippen molar-refractivity contribution in [2.24, 2.45) is 0 Å². The summed E-state index contributed by atoms with van der Waals surface area (Å²) in [7, 11) is 0. The van der Waals surface area contributed by atoms with E-state index >= 15 is 0 Å². The van der Waals surface area contributed by atoms with Crippen LogP contribution in [0.25, 0.3) is 33.1 Å².